The van der Waals surface area contributed by atoms with Crippen LogP contribution >= 0.6 is 0 Å². The molecule has 0 aliphatic heterocycles. The predicted molar refractivity (Wildman–Crippen MR) is 142 cm³/mol. The van der Waals surface area contributed by atoms with E-state index in [0.29, 0.717) is 32.6 Å². The lowest BCUT2D eigenvalue weighted by Gasteiger charge is -2.17. The number of methoxy groups -OCH3 is 3. The number of fused-ring (bicyclic) bond motifs is 1. The third kappa shape index (κ3) is 6.17. The normalized spacial score (nSPS) is 12.1. The standard InChI is InChI=1S/C29H27FO6S/c1-32-18-35-26-16-22(11-8-20-9-13-23(30)14-10-20)28(17-27(26)36-19-33-2)37(31)29-24-7-5-4-6-21(24)12-15-25(29)34-3/h4-17H,18-19H2,1-3H3/b11-8+/t37-/m1/s1. The van der Waals surface area contributed by atoms with Crippen molar-refractivity contribution in [2.45, 2.75) is 9.79 Å². The molecule has 0 aliphatic rings. The number of hydrogen-bond acceptors (Lipinski definition) is 6. The summed E-state index contributed by atoms with van der Waals surface area (Å²) in [7, 11) is 2.90. The van der Waals surface area contributed by atoms with Crippen LogP contribution in [0.25, 0.3) is 22.9 Å². The quantitative estimate of drug-likeness (QED) is 0.170. The monoisotopic (exact) mass is 522 g/mol. The molecule has 4 aromatic carbocycles. The van der Waals surface area contributed by atoms with E-state index < -0.39 is 10.8 Å². The molecule has 37 heavy (non-hydrogen) atoms. The van der Waals surface area contributed by atoms with Crippen molar-refractivity contribution in [2.24, 2.45) is 0 Å². The van der Waals surface area contributed by atoms with Gasteiger partial charge in [-0.2, -0.15) is 0 Å². The maximum absolute atomic E-state index is 14.3. The summed E-state index contributed by atoms with van der Waals surface area (Å²) in [5.41, 5.74) is 1.40. The maximum Gasteiger partial charge on any atom is 0.188 e. The topological polar surface area (TPSA) is 63.2 Å². The van der Waals surface area contributed by atoms with Crippen LogP contribution < -0.4 is 14.2 Å². The predicted octanol–water partition coefficient (Wildman–Crippen LogP) is 6.29. The first-order valence-corrected chi connectivity index (χ1v) is 12.5. The Morgan fingerprint density at radius 1 is 0.784 bits per heavy atom. The SMILES string of the molecule is COCOc1cc(/C=C/c2ccc(F)cc2)c([S@@](=O)c2c(OC)ccc3ccccc23)cc1OCOC. The van der Waals surface area contributed by atoms with Gasteiger partial charge < -0.3 is 23.7 Å². The molecule has 0 amide bonds. The molecule has 8 heteroatoms. The minimum Gasteiger partial charge on any atom is -0.495 e. The average Bonchev–Trinajstić information content (AvgIpc) is 2.93. The van der Waals surface area contributed by atoms with Gasteiger partial charge in [-0.25, -0.2) is 8.60 Å². The highest BCUT2D eigenvalue weighted by Crippen LogP contribution is 2.39. The second-order valence-corrected chi connectivity index (χ2v) is 9.30. The smallest absolute Gasteiger partial charge is 0.188 e. The first kappa shape index (κ1) is 26.3. The minimum atomic E-state index is -1.68. The molecule has 0 saturated heterocycles. The molecule has 0 unspecified atom stereocenters. The van der Waals surface area contributed by atoms with Crippen LogP contribution in [0, 0.1) is 5.82 Å². The molecule has 0 N–H and O–H groups in total. The van der Waals surface area contributed by atoms with Gasteiger partial charge >= 0.3 is 0 Å². The molecule has 4 aromatic rings. The Hall–Kier alpha value is -3.72. The molecule has 0 bridgehead atoms. The van der Waals surface area contributed by atoms with Crippen molar-refractivity contribution in [3.05, 3.63) is 89.7 Å². The van der Waals surface area contributed by atoms with Crippen LogP contribution in [-0.4, -0.2) is 39.1 Å². The average molecular weight is 523 g/mol. The van der Waals surface area contributed by atoms with E-state index in [9.17, 15) is 8.60 Å². The summed E-state index contributed by atoms with van der Waals surface area (Å²) < 4.78 is 54.9. The molecular weight excluding hydrogens is 495 g/mol. The second-order valence-electron chi connectivity index (χ2n) is 7.91. The number of halogens is 1. The van der Waals surface area contributed by atoms with E-state index in [0.717, 1.165) is 16.3 Å². The number of benzene rings is 4. The summed E-state index contributed by atoms with van der Waals surface area (Å²) in [6.07, 6.45) is 3.61. The Kier molecular flexibility index (Phi) is 8.90. The second kappa shape index (κ2) is 12.5. The van der Waals surface area contributed by atoms with Gasteiger partial charge in [0.25, 0.3) is 0 Å². The molecule has 192 valence electrons. The lowest BCUT2D eigenvalue weighted by Crippen LogP contribution is -2.07. The molecular formula is C29H27FO6S. The van der Waals surface area contributed by atoms with Gasteiger partial charge in [-0.05, 0) is 40.8 Å². The van der Waals surface area contributed by atoms with E-state index in [4.69, 9.17) is 23.7 Å². The Labute approximate surface area is 217 Å². The van der Waals surface area contributed by atoms with Crippen molar-refractivity contribution in [1.82, 2.24) is 0 Å². The van der Waals surface area contributed by atoms with E-state index in [-0.39, 0.29) is 19.4 Å². The zero-order valence-electron chi connectivity index (χ0n) is 20.7. The number of ether oxygens (including phenoxy) is 5. The lowest BCUT2D eigenvalue weighted by molar-refractivity contribution is 0.0321. The molecule has 1 atom stereocenters. The van der Waals surface area contributed by atoms with Crippen molar-refractivity contribution in [1.29, 1.82) is 0 Å². The van der Waals surface area contributed by atoms with E-state index >= 15 is 0 Å². The molecule has 0 aliphatic carbocycles. The summed E-state index contributed by atoms with van der Waals surface area (Å²) in [5.74, 6) is 0.921. The molecule has 0 spiro atoms. The highest BCUT2D eigenvalue weighted by atomic mass is 32.2. The maximum atomic E-state index is 14.3. The summed E-state index contributed by atoms with van der Waals surface area (Å²) in [4.78, 5) is 1.02. The molecule has 0 fully saturated rings. The number of rotatable bonds is 11. The Morgan fingerprint density at radius 3 is 2.14 bits per heavy atom. The van der Waals surface area contributed by atoms with Crippen LogP contribution in [0.2, 0.25) is 0 Å². The van der Waals surface area contributed by atoms with Gasteiger partial charge in [-0.3, -0.25) is 0 Å². The summed E-state index contributed by atoms with van der Waals surface area (Å²) >= 11 is 0. The van der Waals surface area contributed by atoms with Gasteiger partial charge in [0.05, 0.1) is 27.7 Å². The van der Waals surface area contributed by atoms with Crippen LogP contribution in [0.3, 0.4) is 0 Å². The van der Waals surface area contributed by atoms with Crippen molar-refractivity contribution in [3.63, 3.8) is 0 Å². The zero-order valence-corrected chi connectivity index (χ0v) is 21.5. The Bertz CT molecular complexity index is 1420. The van der Waals surface area contributed by atoms with Crippen LogP contribution in [0.15, 0.2) is 82.6 Å². The van der Waals surface area contributed by atoms with E-state index in [1.807, 2.05) is 42.5 Å². The fraction of sp³-hybridized carbons (Fsp3) is 0.172. The van der Waals surface area contributed by atoms with Gasteiger partial charge in [0, 0.05) is 25.7 Å². The summed E-state index contributed by atoms with van der Waals surface area (Å²) in [6, 6.07) is 20.9. The first-order chi connectivity index (χ1) is 18.0. The van der Waals surface area contributed by atoms with Crippen molar-refractivity contribution in [2.75, 3.05) is 34.9 Å². The zero-order chi connectivity index (χ0) is 26.2. The lowest BCUT2D eigenvalue weighted by atomic mass is 10.1. The van der Waals surface area contributed by atoms with E-state index in [1.165, 1.54) is 26.4 Å². The fourth-order valence-corrected chi connectivity index (χ4v) is 5.26. The van der Waals surface area contributed by atoms with Crippen LogP contribution in [0.1, 0.15) is 11.1 Å². The number of hydrogen-bond donors (Lipinski definition) is 0. The van der Waals surface area contributed by atoms with Crippen molar-refractivity contribution >= 4 is 33.7 Å². The molecule has 0 heterocycles. The third-order valence-electron chi connectivity index (χ3n) is 5.51. The Morgan fingerprint density at radius 2 is 1.46 bits per heavy atom. The molecule has 4 rings (SSSR count). The van der Waals surface area contributed by atoms with Gasteiger partial charge in [-0.1, -0.05) is 54.6 Å². The van der Waals surface area contributed by atoms with Gasteiger partial charge in [0.15, 0.2) is 25.1 Å². The molecule has 6 nitrogen and oxygen atoms in total. The summed E-state index contributed by atoms with van der Waals surface area (Å²) in [5, 5.41) is 1.75. The molecule has 0 saturated carbocycles. The van der Waals surface area contributed by atoms with Gasteiger partial charge in [0.2, 0.25) is 0 Å². The van der Waals surface area contributed by atoms with Crippen LogP contribution in [-0.2, 0) is 20.3 Å². The van der Waals surface area contributed by atoms with Crippen molar-refractivity contribution in [3.8, 4) is 17.2 Å². The van der Waals surface area contributed by atoms with Gasteiger partial charge in [0.1, 0.15) is 11.6 Å². The molecule has 0 aromatic heterocycles. The van der Waals surface area contributed by atoms with E-state index in [2.05, 4.69) is 0 Å². The minimum absolute atomic E-state index is 0.00988. The largest absolute Gasteiger partial charge is 0.495 e. The fourth-order valence-electron chi connectivity index (χ4n) is 3.76. The highest BCUT2D eigenvalue weighted by molar-refractivity contribution is 7.85. The van der Waals surface area contributed by atoms with Gasteiger partial charge in [-0.15, -0.1) is 0 Å². The Balaban J connectivity index is 1.90. The summed E-state index contributed by atoms with van der Waals surface area (Å²) in [6.45, 7) is -0.0399. The third-order valence-corrected chi connectivity index (χ3v) is 7.06. The van der Waals surface area contributed by atoms with Crippen LogP contribution in [0.5, 0.6) is 17.2 Å². The molecule has 0 radical (unpaired) electrons. The highest BCUT2D eigenvalue weighted by Gasteiger charge is 2.22. The first-order valence-electron chi connectivity index (χ1n) is 11.4. The van der Waals surface area contributed by atoms with Crippen LogP contribution in [0.4, 0.5) is 4.39 Å². The van der Waals surface area contributed by atoms with Crippen molar-refractivity contribution < 1.29 is 32.3 Å². The van der Waals surface area contributed by atoms with E-state index in [1.54, 1.807) is 37.5 Å².